The zero-order chi connectivity index (χ0) is 86.2. The summed E-state index contributed by atoms with van der Waals surface area (Å²) in [7, 11) is 2.55. The largest absolute Gasteiger partial charge is 0.453 e. The molecule has 0 fully saturated rings. The van der Waals surface area contributed by atoms with E-state index in [1.54, 1.807) is 161 Å². The predicted molar refractivity (Wildman–Crippen MR) is 456 cm³/mol. The number of hydrogen-bond donors (Lipinski definition) is 9. The molecule has 0 aliphatic heterocycles. The van der Waals surface area contributed by atoms with Crippen LogP contribution in [0, 0.1) is 13.8 Å². The van der Waals surface area contributed by atoms with Gasteiger partial charge in [0.25, 0.3) is 0 Å². The lowest BCUT2D eigenvalue weighted by Gasteiger charge is -2.20. The second-order valence-electron chi connectivity index (χ2n) is 24.3. The smallest absolute Gasteiger partial charge is 0.419 e. The number of nitrogens with one attached hydrogen (secondary N) is 9. The van der Waals surface area contributed by atoms with Crippen molar-refractivity contribution in [2.24, 2.45) is 0 Å². The van der Waals surface area contributed by atoms with Gasteiger partial charge in [-0.3, -0.25) is 52.8 Å². The van der Waals surface area contributed by atoms with Gasteiger partial charge in [-0.25, -0.2) is 47.9 Å². The molecular formula is C86H92Cl2N10O20. The predicted octanol–water partition coefficient (Wildman–Crippen LogP) is 22.3. The number of halogens is 2. The van der Waals surface area contributed by atoms with Crippen molar-refractivity contribution in [3.05, 3.63) is 276 Å². The van der Waals surface area contributed by atoms with Crippen LogP contribution < -0.4 is 71.7 Å². The number of rotatable bonds is 19. The van der Waals surface area contributed by atoms with E-state index in [-0.39, 0.29) is 25.4 Å². The van der Waals surface area contributed by atoms with Crippen LogP contribution in [0.15, 0.2) is 255 Å². The number of carbonyl (C=O) groups excluding carboxylic acids is 10. The van der Waals surface area contributed by atoms with Crippen LogP contribution in [0.1, 0.15) is 59.6 Å². The van der Waals surface area contributed by atoms with Crippen LogP contribution in [-0.4, -0.2) is 107 Å². The van der Waals surface area contributed by atoms with E-state index in [4.69, 9.17) is 61.1 Å². The van der Waals surface area contributed by atoms with Gasteiger partial charge < -0.3 is 47.4 Å². The van der Waals surface area contributed by atoms with Crippen molar-refractivity contribution in [3.63, 3.8) is 0 Å². The Hall–Kier alpha value is -14.5. The average Bonchev–Trinajstić information content (AvgIpc) is 0.859. The molecule has 118 heavy (non-hydrogen) atoms. The summed E-state index contributed by atoms with van der Waals surface area (Å²) in [5, 5.41) is 23.9. The van der Waals surface area contributed by atoms with Crippen molar-refractivity contribution in [1.29, 1.82) is 0 Å². The molecule has 0 aliphatic carbocycles. The van der Waals surface area contributed by atoms with Gasteiger partial charge in [-0.2, -0.15) is 0 Å². The van der Waals surface area contributed by atoms with Crippen LogP contribution in [0.25, 0.3) is 0 Å². The summed E-state index contributed by atoms with van der Waals surface area (Å²) in [6, 6.07) is 72.9. The van der Waals surface area contributed by atoms with E-state index >= 15 is 0 Å². The maximum absolute atomic E-state index is 12.4. The first-order valence-corrected chi connectivity index (χ1v) is 37.0. The van der Waals surface area contributed by atoms with Crippen LogP contribution in [0.5, 0.6) is 23.0 Å². The zero-order valence-electron chi connectivity index (χ0n) is 66.4. The topological polar surface area (TPSA) is 375 Å². The first-order valence-electron chi connectivity index (χ1n) is 36.2. The summed E-state index contributed by atoms with van der Waals surface area (Å²) in [4.78, 5) is 117. The number of ether oxygens (including phenoxy) is 10. The second-order valence-corrected chi connectivity index (χ2v) is 25.1. The van der Waals surface area contributed by atoms with Gasteiger partial charge in [-0.1, -0.05) is 126 Å². The molecule has 0 unspecified atom stereocenters. The van der Waals surface area contributed by atoms with Crippen LogP contribution in [0.2, 0.25) is 10.0 Å². The number of anilines is 10. The van der Waals surface area contributed by atoms with Gasteiger partial charge in [-0.15, -0.1) is 0 Å². The number of benzene rings is 10. The molecular weight excluding hydrogens is 1560 g/mol. The number of hydrogen-bond acceptors (Lipinski definition) is 20. The number of nitrogens with zero attached hydrogens (tertiary/aromatic N) is 1. The Labute approximate surface area is 693 Å². The molecule has 620 valence electrons. The SMILES string of the molecule is CC(C)OC(=O)Nc1ccccc1.CCN(C(=O)Oc1cccc(NC(=O)OC(C)C)c1)c1ccccc1.CCOC(=O)Nc1cccc(OC(=O)Nc2cccc(C)c2)c1.CCOC(=O)Nc1cccc(OC(=O)Nc2ccccc2)c1.COC(=O)Nc1ccc(Cl)c(Cl)c1.COC(=O)Nc1cccc(OC(=O)Nc2cccc(C)c2)c1. The van der Waals surface area contributed by atoms with Crippen molar-refractivity contribution >= 4 is 141 Å². The van der Waals surface area contributed by atoms with Crippen LogP contribution in [-0.2, 0) is 28.4 Å². The molecule has 9 N–H and O–H groups in total. The van der Waals surface area contributed by atoms with Gasteiger partial charge in [0.05, 0.1) is 49.7 Å². The Morgan fingerprint density at radius 1 is 0.305 bits per heavy atom. The fourth-order valence-electron chi connectivity index (χ4n) is 9.17. The van der Waals surface area contributed by atoms with Crippen molar-refractivity contribution in [2.45, 2.75) is 74.5 Å². The molecule has 30 nitrogen and oxygen atoms in total. The Balaban J connectivity index is 0.000000256. The molecule has 0 aromatic heterocycles. The molecule has 10 amide bonds. The number of carbonyl (C=O) groups is 10. The Morgan fingerprint density at radius 3 is 0.924 bits per heavy atom. The minimum Gasteiger partial charge on any atom is -0.453 e. The molecule has 0 radical (unpaired) electrons. The molecule has 0 atom stereocenters. The average molecular weight is 1660 g/mol. The number of amides is 10. The Kier molecular flexibility index (Phi) is 41.4. The van der Waals surface area contributed by atoms with E-state index in [1.807, 2.05) is 138 Å². The molecule has 10 rings (SSSR count). The highest BCUT2D eigenvalue weighted by atomic mass is 35.5. The molecule has 0 saturated heterocycles. The highest BCUT2D eigenvalue weighted by Crippen LogP contribution is 2.27. The summed E-state index contributed by atoms with van der Waals surface area (Å²) < 4.78 is 49.3. The van der Waals surface area contributed by atoms with E-state index < -0.39 is 60.9 Å². The molecule has 0 spiro atoms. The lowest BCUT2D eigenvalue weighted by Crippen LogP contribution is -2.33. The fourth-order valence-corrected chi connectivity index (χ4v) is 9.47. The summed E-state index contributed by atoms with van der Waals surface area (Å²) >= 11 is 11.4. The lowest BCUT2D eigenvalue weighted by molar-refractivity contribution is 0.129. The van der Waals surface area contributed by atoms with Crippen LogP contribution >= 0.6 is 23.2 Å². The Bertz CT molecular complexity index is 4880. The highest BCUT2D eigenvalue weighted by molar-refractivity contribution is 6.42. The van der Waals surface area contributed by atoms with E-state index in [0.717, 1.165) is 22.5 Å². The van der Waals surface area contributed by atoms with Crippen molar-refractivity contribution in [2.75, 3.05) is 86.7 Å². The van der Waals surface area contributed by atoms with Gasteiger partial charge in [0.1, 0.15) is 23.0 Å². The third-order valence-corrected chi connectivity index (χ3v) is 14.8. The summed E-state index contributed by atoms with van der Waals surface area (Å²) in [5.41, 5.74) is 7.93. The molecule has 0 saturated carbocycles. The van der Waals surface area contributed by atoms with Crippen LogP contribution in [0.3, 0.4) is 0 Å². The summed E-state index contributed by atoms with van der Waals surface area (Å²) in [6.07, 6.45) is -5.87. The minimum absolute atomic E-state index is 0.0938. The van der Waals surface area contributed by atoms with Crippen LogP contribution in [0.4, 0.5) is 105 Å². The van der Waals surface area contributed by atoms with E-state index in [1.165, 1.54) is 37.3 Å². The minimum atomic E-state index is -0.612. The van der Waals surface area contributed by atoms with Gasteiger partial charge >= 0.3 is 60.9 Å². The molecule has 10 aromatic rings. The first-order chi connectivity index (χ1) is 56.6. The molecule has 0 bridgehead atoms. The van der Waals surface area contributed by atoms with Crippen molar-refractivity contribution in [1.82, 2.24) is 0 Å². The van der Waals surface area contributed by atoms with Crippen molar-refractivity contribution < 1.29 is 95.3 Å². The maximum atomic E-state index is 12.4. The van der Waals surface area contributed by atoms with Gasteiger partial charge in [0.2, 0.25) is 0 Å². The second kappa shape index (κ2) is 52.0. The zero-order valence-corrected chi connectivity index (χ0v) is 67.9. The normalized spacial score (nSPS) is 9.82. The van der Waals surface area contributed by atoms with Gasteiger partial charge in [0, 0.05) is 87.7 Å². The summed E-state index contributed by atoms with van der Waals surface area (Å²) in [6.45, 7) is 17.3. The third kappa shape index (κ3) is 38.8. The number of para-hydroxylation sites is 3. The third-order valence-electron chi connectivity index (χ3n) is 14.1. The fraction of sp³-hybridized carbons (Fsp3) is 0.186. The molecule has 10 aromatic carbocycles. The quantitative estimate of drug-likeness (QED) is 0.0340. The monoisotopic (exact) mass is 1650 g/mol. The van der Waals surface area contributed by atoms with E-state index in [9.17, 15) is 47.9 Å². The number of methoxy groups -OCH3 is 2. The van der Waals surface area contributed by atoms with Gasteiger partial charge in [-0.05, 0) is 201 Å². The standard InChI is InChI=1S/C19H22N2O4.C17H18N2O4.2C16H16N2O4.C10H13NO2.C8H7Cl2NO2/c1-4-21(16-10-6-5-7-11-16)19(23)25-17-12-8-9-15(13-17)20-18(22)24-14(2)3;1-3-22-16(20)18-14-8-5-9-15(11-14)23-17(21)19-13-7-4-6-12(2)10-13;1-11-5-3-6-12(9-11)18-16(20)22-14-8-4-7-13(10-14)17-15(19)21-2;1-2-21-15(19)18-13-9-6-10-14(11-13)22-16(20)17-12-7-4-3-5-8-12;1-8(2)13-10(12)11-9-6-4-3-5-7-9;1-13-8(12)11-5-2-3-6(9)7(10)4-5/h5-14H,4H2,1-3H3,(H,20,22);4-11H,3H2,1-2H3,(H,18,20)(H,19,21);3-10H,1-2H3,(H,17,19)(H,18,20);3-11H,2H2,1H3,(H,17,20)(H,18,19);3-8H,1-2H3,(H,11,12);2-4H,1H3,(H,11,12). The molecule has 32 heteroatoms. The van der Waals surface area contributed by atoms with Gasteiger partial charge in [0.15, 0.2) is 0 Å². The summed E-state index contributed by atoms with van der Waals surface area (Å²) in [5.74, 6) is 1.26. The van der Waals surface area contributed by atoms with Crippen molar-refractivity contribution in [3.8, 4) is 23.0 Å². The number of aryl methyl sites for hydroxylation is 2. The molecule has 0 heterocycles. The first kappa shape index (κ1) is 94.1. The maximum Gasteiger partial charge on any atom is 0.419 e. The highest BCUT2D eigenvalue weighted by Gasteiger charge is 2.18. The van der Waals surface area contributed by atoms with E-state index in [0.29, 0.717) is 85.1 Å². The lowest BCUT2D eigenvalue weighted by atomic mass is 10.2. The molecule has 0 aliphatic rings. The Morgan fingerprint density at radius 2 is 0.593 bits per heavy atom. The van der Waals surface area contributed by atoms with E-state index in [2.05, 4.69) is 57.3 Å².